The Morgan fingerprint density at radius 3 is 2.40 bits per heavy atom. The lowest BCUT2D eigenvalue weighted by Crippen LogP contribution is -2.17. The molecule has 0 bridgehead atoms. The Hall–Kier alpha value is -0.790. The van der Waals surface area contributed by atoms with Gasteiger partial charge in [-0.1, -0.05) is 5.57 Å². The number of hydrogen-bond donors (Lipinski definition) is 1. The first-order chi connectivity index (χ1) is 4.72. The Balaban J connectivity index is 2.78. The molecule has 0 aliphatic heterocycles. The number of allylic oxidation sites excluding steroid dienone is 1. The summed E-state index contributed by atoms with van der Waals surface area (Å²) in [5, 5.41) is 0. The number of amides is 1. The van der Waals surface area contributed by atoms with Crippen LogP contribution >= 0.6 is 0 Å². The Bertz CT molecular complexity index is 182. The molecule has 0 radical (unpaired) electrons. The van der Waals surface area contributed by atoms with Crippen LogP contribution in [0.3, 0.4) is 0 Å². The van der Waals surface area contributed by atoms with Gasteiger partial charge >= 0.3 is 0 Å². The third-order valence-corrected chi connectivity index (χ3v) is 2.04. The predicted molar refractivity (Wildman–Crippen MR) is 40.4 cm³/mol. The van der Waals surface area contributed by atoms with Crippen molar-refractivity contribution in [2.24, 2.45) is 5.73 Å². The highest BCUT2D eigenvalue weighted by Crippen LogP contribution is 2.23. The minimum Gasteiger partial charge on any atom is -0.366 e. The summed E-state index contributed by atoms with van der Waals surface area (Å²) in [6, 6.07) is 0. The van der Waals surface area contributed by atoms with E-state index in [1.54, 1.807) is 0 Å². The third kappa shape index (κ3) is 1.38. The zero-order valence-corrected chi connectivity index (χ0v) is 6.31. The molecule has 0 spiro atoms. The lowest BCUT2D eigenvalue weighted by Gasteiger charge is -2.13. The Kier molecular flexibility index (Phi) is 2.10. The number of rotatable bonds is 1. The number of nitrogens with two attached hydrogens (primary N) is 1. The van der Waals surface area contributed by atoms with E-state index < -0.39 is 0 Å². The van der Waals surface area contributed by atoms with Gasteiger partial charge in [-0.05, 0) is 32.6 Å². The molecular formula is C8H13NO. The first-order valence-electron chi connectivity index (χ1n) is 3.70. The van der Waals surface area contributed by atoms with Crippen molar-refractivity contribution in [1.29, 1.82) is 0 Å². The van der Waals surface area contributed by atoms with Crippen molar-refractivity contribution < 1.29 is 4.79 Å². The number of primary amides is 1. The fourth-order valence-corrected chi connectivity index (χ4v) is 1.39. The van der Waals surface area contributed by atoms with Crippen molar-refractivity contribution in [3.05, 3.63) is 11.1 Å². The maximum absolute atomic E-state index is 10.7. The summed E-state index contributed by atoms with van der Waals surface area (Å²) in [6.45, 7) is 2.00. The average Bonchev–Trinajstić information content (AvgIpc) is 1.88. The van der Waals surface area contributed by atoms with E-state index in [0.29, 0.717) is 0 Å². The van der Waals surface area contributed by atoms with Crippen LogP contribution in [0.15, 0.2) is 11.1 Å². The second kappa shape index (κ2) is 2.86. The normalized spacial score (nSPS) is 19.3. The molecule has 2 nitrogen and oxygen atoms in total. The van der Waals surface area contributed by atoms with E-state index >= 15 is 0 Å². The molecule has 1 amide bonds. The molecule has 0 unspecified atom stereocenters. The molecule has 0 heterocycles. The van der Waals surface area contributed by atoms with Gasteiger partial charge in [-0.3, -0.25) is 4.79 Å². The first kappa shape index (κ1) is 7.32. The molecule has 56 valence electrons. The molecule has 10 heavy (non-hydrogen) atoms. The number of hydrogen-bond acceptors (Lipinski definition) is 1. The molecule has 0 saturated carbocycles. The van der Waals surface area contributed by atoms with Gasteiger partial charge < -0.3 is 5.73 Å². The van der Waals surface area contributed by atoms with E-state index in [0.717, 1.165) is 24.8 Å². The second-order valence-corrected chi connectivity index (χ2v) is 2.83. The summed E-state index contributed by atoms with van der Waals surface area (Å²) < 4.78 is 0. The minimum absolute atomic E-state index is 0.225. The summed E-state index contributed by atoms with van der Waals surface area (Å²) >= 11 is 0. The Morgan fingerprint density at radius 1 is 1.40 bits per heavy atom. The second-order valence-electron chi connectivity index (χ2n) is 2.83. The van der Waals surface area contributed by atoms with E-state index in [9.17, 15) is 4.79 Å². The molecule has 1 aliphatic rings. The zero-order valence-electron chi connectivity index (χ0n) is 6.31. The van der Waals surface area contributed by atoms with E-state index in [1.807, 2.05) is 6.92 Å². The summed E-state index contributed by atoms with van der Waals surface area (Å²) in [5.41, 5.74) is 7.22. The summed E-state index contributed by atoms with van der Waals surface area (Å²) in [6.07, 6.45) is 4.28. The molecule has 1 rings (SSSR count). The minimum atomic E-state index is -0.225. The van der Waals surface area contributed by atoms with Crippen molar-refractivity contribution in [1.82, 2.24) is 0 Å². The molecular weight excluding hydrogens is 126 g/mol. The van der Waals surface area contributed by atoms with Crippen LogP contribution in [0.2, 0.25) is 0 Å². The fourth-order valence-electron chi connectivity index (χ4n) is 1.39. The van der Waals surface area contributed by atoms with Crippen LogP contribution in [0.4, 0.5) is 0 Å². The van der Waals surface area contributed by atoms with Gasteiger partial charge in [-0.2, -0.15) is 0 Å². The molecule has 0 fully saturated rings. The quantitative estimate of drug-likeness (QED) is 0.585. The largest absolute Gasteiger partial charge is 0.366 e. The highest BCUT2D eigenvalue weighted by molar-refractivity contribution is 5.92. The molecule has 2 N–H and O–H groups in total. The van der Waals surface area contributed by atoms with Gasteiger partial charge in [0.1, 0.15) is 0 Å². The molecule has 2 heteroatoms. The van der Waals surface area contributed by atoms with Gasteiger partial charge in [0, 0.05) is 5.57 Å². The fraction of sp³-hybridized carbons (Fsp3) is 0.625. The van der Waals surface area contributed by atoms with E-state index in [1.165, 1.54) is 12.0 Å². The average molecular weight is 139 g/mol. The summed E-state index contributed by atoms with van der Waals surface area (Å²) in [5.74, 6) is -0.225. The van der Waals surface area contributed by atoms with Crippen molar-refractivity contribution in [3.8, 4) is 0 Å². The van der Waals surface area contributed by atoms with Gasteiger partial charge in [0.2, 0.25) is 5.91 Å². The highest BCUT2D eigenvalue weighted by atomic mass is 16.1. The van der Waals surface area contributed by atoms with Crippen molar-refractivity contribution in [2.75, 3.05) is 0 Å². The van der Waals surface area contributed by atoms with Crippen LogP contribution in [-0.2, 0) is 4.79 Å². The maximum Gasteiger partial charge on any atom is 0.244 e. The molecule has 0 aromatic carbocycles. The van der Waals surface area contributed by atoms with E-state index in [-0.39, 0.29) is 5.91 Å². The van der Waals surface area contributed by atoms with Gasteiger partial charge in [-0.15, -0.1) is 0 Å². The smallest absolute Gasteiger partial charge is 0.244 e. The van der Waals surface area contributed by atoms with Crippen LogP contribution in [0.25, 0.3) is 0 Å². The topological polar surface area (TPSA) is 43.1 Å². The molecule has 0 aromatic heterocycles. The molecule has 0 saturated heterocycles. The van der Waals surface area contributed by atoms with E-state index in [2.05, 4.69) is 0 Å². The first-order valence-corrected chi connectivity index (χ1v) is 3.70. The highest BCUT2D eigenvalue weighted by Gasteiger charge is 2.12. The standard InChI is InChI=1S/C8H13NO/c1-6-4-2-3-5-7(6)8(9)10/h2-5H2,1H3,(H2,9,10). The van der Waals surface area contributed by atoms with Crippen molar-refractivity contribution in [3.63, 3.8) is 0 Å². The van der Waals surface area contributed by atoms with Crippen LogP contribution in [0.5, 0.6) is 0 Å². The lowest BCUT2D eigenvalue weighted by molar-refractivity contribution is -0.114. The number of carbonyl (C=O) groups is 1. The van der Waals surface area contributed by atoms with Crippen molar-refractivity contribution in [2.45, 2.75) is 32.6 Å². The monoisotopic (exact) mass is 139 g/mol. The Morgan fingerprint density at radius 2 is 2.00 bits per heavy atom. The SMILES string of the molecule is CC1=C(C(N)=O)CCCC1. The van der Waals surface area contributed by atoms with Crippen LogP contribution in [-0.4, -0.2) is 5.91 Å². The van der Waals surface area contributed by atoms with Crippen molar-refractivity contribution >= 4 is 5.91 Å². The molecule has 0 aromatic rings. The van der Waals surface area contributed by atoms with Gasteiger partial charge in [0.15, 0.2) is 0 Å². The number of carbonyl (C=O) groups excluding carboxylic acids is 1. The van der Waals surface area contributed by atoms with Gasteiger partial charge in [0.05, 0.1) is 0 Å². The van der Waals surface area contributed by atoms with Gasteiger partial charge in [-0.25, -0.2) is 0 Å². The van der Waals surface area contributed by atoms with Crippen LogP contribution in [0.1, 0.15) is 32.6 Å². The third-order valence-electron chi connectivity index (χ3n) is 2.04. The summed E-state index contributed by atoms with van der Waals surface area (Å²) in [7, 11) is 0. The van der Waals surface area contributed by atoms with Crippen LogP contribution < -0.4 is 5.73 Å². The molecule has 0 atom stereocenters. The lowest BCUT2D eigenvalue weighted by atomic mass is 9.92. The van der Waals surface area contributed by atoms with Gasteiger partial charge in [0.25, 0.3) is 0 Å². The van der Waals surface area contributed by atoms with Crippen LogP contribution in [0, 0.1) is 0 Å². The Labute approximate surface area is 61.1 Å². The van der Waals surface area contributed by atoms with E-state index in [4.69, 9.17) is 5.73 Å². The predicted octanol–water partition coefficient (Wildman–Crippen LogP) is 1.36. The maximum atomic E-state index is 10.7. The summed E-state index contributed by atoms with van der Waals surface area (Å²) in [4.78, 5) is 10.7. The molecule has 1 aliphatic carbocycles. The zero-order chi connectivity index (χ0) is 7.56.